The highest BCUT2D eigenvalue weighted by Crippen LogP contribution is 2.41. The Morgan fingerprint density at radius 2 is 2.00 bits per heavy atom. The Kier molecular flexibility index (Phi) is 5.14. The smallest absolute Gasteiger partial charge is 0.223 e. The van der Waals surface area contributed by atoms with Gasteiger partial charge in [0.25, 0.3) is 0 Å². The third-order valence-corrected chi connectivity index (χ3v) is 7.64. The van der Waals surface area contributed by atoms with E-state index in [-0.39, 0.29) is 30.4 Å². The van der Waals surface area contributed by atoms with Crippen molar-refractivity contribution in [1.29, 1.82) is 0 Å². The molecule has 7 heteroatoms. The van der Waals surface area contributed by atoms with Crippen molar-refractivity contribution >= 4 is 17.2 Å². The summed E-state index contributed by atoms with van der Waals surface area (Å²) in [6.45, 7) is 2.72. The van der Waals surface area contributed by atoms with Crippen LogP contribution in [0, 0.1) is 17.7 Å². The molecule has 0 radical (unpaired) electrons. The van der Waals surface area contributed by atoms with Crippen LogP contribution in [0.15, 0.2) is 29.6 Å². The van der Waals surface area contributed by atoms with Crippen molar-refractivity contribution in [3.63, 3.8) is 0 Å². The average molecular weight is 416 g/mol. The molecule has 0 saturated carbocycles. The minimum absolute atomic E-state index is 0.0436. The predicted molar refractivity (Wildman–Crippen MR) is 110 cm³/mol. The summed E-state index contributed by atoms with van der Waals surface area (Å²) in [7, 11) is 0. The summed E-state index contributed by atoms with van der Waals surface area (Å²) in [6.07, 6.45) is 3.75. The first-order chi connectivity index (χ1) is 14.1. The number of rotatable bonds is 4. The van der Waals surface area contributed by atoms with E-state index in [9.17, 15) is 14.3 Å². The zero-order valence-electron chi connectivity index (χ0n) is 16.3. The number of hydrogen-bond acceptors (Lipinski definition) is 5. The molecule has 2 bridgehead atoms. The fourth-order valence-electron chi connectivity index (χ4n) is 5.56. The Balaban J connectivity index is 1.31. The monoisotopic (exact) mass is 415 g/mol. The van der Waals surface area contributed by atoms with Crippen LogP contribution in [0.4, 0.5) is 4.39 Å². The van der Waals surface area contributed by atoms with Gasteiger partial charge in [-0.2, -0.15) is 0 Å². The number of carbonyl (C=O) groups excluding carboxylic acids is 1. The number of nitrogens with zero attached hydrogens (tertiary/aromatic N) is 3. The lowest BCUT2D eigenvalue weighted by Crippen LogP contribution is -2.65. The second kappa shape index (κ2) is 7.78. The molecule has 3 fully saturated rings. The number of aliphatic hydroxyl groups excluding tert-OH is 1. The Labute approximate surface area is 174 Å². The van der Waals surface area contributed by atoms with Crippen LogP contribution in [0.2, 0.25) is 0 Å². The van der Waals surface area contributed by atoms with Crippen LogP contribution >= 0.6 is 11.3 Å². The number of carbonyl (C=O) groups is 1. The lowest BCUT2D eigenvalue weighted by atomic mass is 9.72. The molecule has 29 heavy (non-hydrogen) atoms. The summed E-state index contributed by atoms with van der Waals surface area (Å²) in [5, 5.41) is 13.1. The van der Waals surface area contributed by atoms with E-state index in [1.165, 1.54) is 12.1 Å². The molecule has 0 unspecified atom stereocenters. The van der Waals surface area contributed by atoms with Crippen LogP contribution in [0.1, 0.15) is 30.7 Å². The topological polar surface area (TPSA) is 56.7 Å². The van der Waals surface area contributed by atoms with E-state index in [2.05, 4.69) is 4.90 Å². The molecule has 3 aliphatic heterocycles. The predicted octanol–water partition coefficient (Wildman–Crippen LogP) is 3.14. The summed E-state index contributed by atoms with van der Waals surface area (Å²) < 4.78 is 13.2. The molecule has 0 aliphatic carbocycles. The van der Waals surface area contributed by atoms with Crippen LogP contribution in [-0.2, 0) is 11.3 Å². The van der Waals surface area contributed by atoms with Crippen LogP contribution in [-0.4, -0.2) is 57.6 Å². The Morgan fingerprint density at radius 1 is 1.21 bits per heavy atom. The molecule has 1 aromatic carbocycles. The highest BCUT2D eigenvalue weighted by atomic mass is 32.1. The van der Waals surface area contributed by atoms with Crippen molar-refractivity contribution < 1.29 is 14.3 Å². The molecule has 0 spiro atoms. The maximum Gasteiger partial charge on any atom is 0.223 e. The van der Waals surface area contributed by atoms with Crippen LogP contribution in [0.5, 0.6) is 0 Å². The summed E-state index contributed by atoms with van der Waals surface area (Å²) in [6, 6.07) is 6.69. The number of piperidine rings is 3. The molecule has 5 nitrogen and oxygen atoms in total. The first-order valence-electron chi connectivity index (χ1n) is 10.5. The largest absolute Gasteiger partial charge is 0.394 e. The third kappa shape index (κ3) is 3.60. The van der Waals surface area contributed by atoms with E-state index in [4.69, 9.17) is 4.98 Å². The van der Waals surface area contributed by atoms with Crippen molar-refractivity contribution in [3.8, 4) is 11.3 Å². The van der Waals surface area contributed by atoms with Crippen LogP contribution < -0.4 is 0 Å². The lowest BCUT2D eigenvalue weighted by Gasteiger charge is -2.56. The molecule has 154 valence electrons. The molecule has 3 saturated heterocycles. The number of thiazole rings is 1. The quantitative estimate of drug-likeness (QED) is 0.834. The fourth-order valence-corrected chi connectivity index (χ4v) is 6.41. The molecule has 4 atom stereocenters. The van der Waals surface area contributed by atoms with E-state index in [0.717, 1.165) is 55.2 Å². The number of benzene rings is 1. The normalized spacial score (nSPS) is 29.7. The standard InChI is InChI=1S/C22H26FN3O2S/c23-17-6-4-14(5-7-17)18-13-29-21(24-18)11-25-9-15-8-16(10-25)20(12-27)26-19(15)2-1-3-22(26)28/h4-7,13,15-16,19-20,27H,1-3,8-12H2/t15-,16+,19+,20+/m1/s1. The summed E-state index contributed by atoms with van der Waals surface area (Å²) >= 11 is 1.64. The SMILES string of the molecule is O=C1CCC[C@H]2[C@@H]3C[C@@H](CN(Cc4nc(-c5ccc(F)cc5)cs4)C3)[C@H](CO)N12. The maximum absolute atomic E-state index is 13.2. The van der Waals surface area contributed by atoms with Crippen molar-refractivity contribution in [2.24, 2.45) is 11.8 Å². The number of fused-ring (bicyclic) bond motifs is 4. The minimum Gasteiger partial charge on any atom is -0.394 e. The van der Waals surface area contributed by atoms with Gasteiger partial charge in [0.2, 0.25) is 5.91 Å². The molecule has 1 aromatic heterocycles. The van der Waals surface area contributed by atoms with Gasteiger partial charge in [-0.3, -0.25) is 9.69 Å². The van der Waals surface area contributed by atoms with Crippen molar-refractivity contribution in [3.05, 3.63) is 40.5 Å². The molecular formula is C22H26FN3O2S. The number of likely N-dealkylation sites (tertiary alicyclic amines) is 1. The highest BCUT2D eigenvalue weighted by molar-refractivity contribution is 7.09. The second-order valence-corrected chi connectivity index (χ2v) is 9.54. The van der Waals surface area contributed by atoms with Gasteiger partial charge >= 0.3 is 0 Å². The summed E-state index contributed by atoms with van der Waals surface area (Å²) in [4.78, 5) is 21.8. The Bertz CT molecular complexity index is 872. The van der Waals surface area contributed by atoms with E-state index in [1.54, 1.807) is 23.5 Å². The molecule has 5 rings (SSSR count). The fraction of sp³-hybridized carbons (Fsp3) is 0.545. The molecule has 2 aromatic rings. The van der Waals surface area contributed by atoms with Gasteiger partial charge in [0.05, 0.1) is 24.9 Å². The van der Waals surface area contributed by atoms with Gasteiger partial charge in [0.15, 0.2) is 0 Å². The number of amides is 1. The third-order valence-electron chi connectivity index (χ3n) is 6.81. The minimum atomic E-state index is -0.238. The van der Waals surface area contributed by atoms with E-state index in [0.29, 0.717) is 18.3 Å². The van der Waals surface area contributed by atoms with Gasteiger partial charge in [0.1, 0.15) is 10.8 Å². The molecule has 3 aliphatic rings. The second-order valence-electron chi connectivity index (χ2n) is 8.59. The number of hydrogen-bond donors (Lipinski definition) is 1. The highest BCUT2D eigenvalue weighted by Gasteiger charge is 2.49. The van der Waals surface area contributed by atoms with Gasteiger partial charge in [-0.1, -0.05) is 0 Å². The zero-order valence-corrected chi connectivity index (χ0v) is 17.2. The zero-order chi connectivity index (χ0) is 20.0. The summed E-state index contributed by atoms with van der Waals surface area (Å²) in [5.74, 6) is 0.802. The maximum atomic E-state index is 13.2. The van der Waals surface area contributed by atoms with Crippen LogP contribution in [0.25, 0.3) is 11.3 Å². The van der Waals surface area contributed by atoms with Gasteiger partial charge in [-0.05, 0) is 55.4 Å². The Hall–Kier alpha value is -1.83. The van der Waals surface area contributed by atoms with Crippen molar-refractivity contribution in [1.82, 2.24) is 14.8 Å². The Morgan fingerprint density at radius 3 is 2.79 bits per heavy atom. The molecular weight excluding hydrogens is 389 g/mol. The molecule has 1 amide bonds. The number of halogens is 1. The van der Waals surface area contributed by atoms with Gasteiger partial charge in [-0.25, -0.2) is 9.37 Å². The lowest BCUT2D eigenvalue weighted by molar-refractivity contribution is -0.155. The van der Waals surface area contributed by atoms with Gasteiger partial charge < -0.3 is 10.0 Å². The van der Waals surface area contributed by atoms with Gasteiger partial charge in [0, 0.05) is 36.5 Å². The van der Waals surface area contributed by atoms with E-state index >= 15 is 0 Å². The first-order valence-corrected chi connectivity index (χ1v) is 11.3. The molecule has 1 N–H and O–H groups in total. The van der Waals surface area contributed by atoms with Crippen LogP contribution in [0.3, 0.4) is 0 Å². The number of aromatic nitrogens is 1. The van der Waals surface area contributed by atoms with Crippen molar-refractivity contribution in [2.45, 2.75) is 44.3 Å². The van der Waals surface area contributed by atoms with E-state index in [1.807, 2.05) is 10.3 Å². The first kappa shape index (κ1) is 19.2. The van der Waals surface area contributed by atoms with Gasteiger partial charge in [-0.15, -0.1) is 11.3 Å². The molecule has 4 heterocycles. The van der Waals surface area contributed by atoms with Crippen molar-refractivity contribution in [2.75, 3.05) is 19.7 Å². The number of aliphatic hydroxyl groups is 1. The summed E-state index contributed by atoms with van der Waals surface area (Å²) in [5.41, 5.74) is 1.82. The van der Waals surface area contributed by atoms with E-state index < -0.39 is 0 Å². The average Bonchev–Trinajstić information content (AvgIpc) is 3.18.